The minimum Gasteiger partial charge on any atom is -0.484 e. The SMILES string of the molecule is Cc1ccc(OCC(=O)NN=Cc2ccoc2)cc1. The molecule has 0 saturated heterocycles. The first-order valence-corrected chi connectivity index (χ1v) is 5.77. The van der Waals surface area contributed by atoms with Crippen LogP contribution in [-0.4, -0.2) is 18.7 Å². The van der Waals surface area contributed by atoms with Crippen molar-refractivity contribution in [1.29, 1.82) is 0 Å². The fraction of sp³-hybridized carbons (Fsp3) is 0.143. The summed E-state index contributed by atoms with van der Waals surface area (Å²) in [7, 11) is 0. The number of aryl methyl sites for hydroxylation is 1. The second kappa shape index (κ2) is 6.39. The van der Waals surface area contributed by atoms with E-state index in [9.17, 15) is 4.79 Å². The van der Waals surface area contributed by atoms with E-state index in [0.29, 0.717) is 5.75 Å². The summed E-state index contributed by atoms with van der Waals surface area (Å²) in [6, 6.07) is 9.21. The molecule has 1 N–H and O–H groups in total. The summed E-state index contributed by atoms with van der Waals surface area (Å²) >= 11 is 0. The Labute approximate surface area is 110 Å². The van der Waals surface area contributed by atoms with Gasteiger partial charge in [0.05, 0.1) is 18.7 Å². The van der Waals surface area contributed by atoms with Gasteiger partial charge in [-0.05, 0) is 25.1 Å². The molecule has 2 aromatic rings. The minimum absolute atomic E-state index is 0.0776. The number of hydrogen-bond donors (Lipinski definition) is 1. The molecule has 2 rings (SSSR count). The van der Waals surface area contributed by atoms with E-state index in [1.54, 1.807) is 6.07 Å². The van der Waals surface area contributed by atoms with Gasteiger partial charge in [0.2, 0.25) is 0 Å². The Morgan fingerprint density at radius 3 is 2.84 bits per heavy atom. The molecule has 0 aliphatic carbocycles. The first kappa shape index (κ1) is 12.9. The van der Waals surface area contributed by atoms with E-state index in [4.69, 9.17) is 9.15 Å². The van der Waals surface area contributed by atoms with Crippen molar-refractivity contribution in [2.75, 3.05) is 6.61 Å². The molecule has 0 bridgehead atoms. The Kier molecular flexibility index (Phi) is 4.34. The normalized spacial score (nSPS) is 10.6. The Balaban J connectivity index is 1.74. The molecule has 98 valence electrons. The summed E-state index contributed by atoms with van der Waals surface area (Å²) < 4.78 is 10.2. The van der Waals surface area contributed by atoms with Gasteiger partial charge in [-0.3, -0.25) is 4.79 Å². The fourth-order valence-electron chi connectivity index (χ4n) is 1.34. The average molecular weight is 258 g/mol. The third-order valence-electron chi connectivity index (χ3n) is 2.34. The molecule has 0 fully saturated rings. The first-order chi connectivity index (χ1) is 9.24. The van der Waals surface area contributed by atoms with Crippen LogP contribution in [-0.2, 0) is 4.79 Å². The number of amides is 1. The molecule has 0 radical (unpaired) electrons. The molecular formula is C14H14N2O3. The van der Waals surface area contributed by atoms with E-state index in [-0.39, 0.29) is 12.5 Å². The topological polar surface area (TPSA) is 63.8 Å². The number of hydrogen-bond acceptors (Lipinski definition) is 4. The van der Waals surface area contributed by atoms with Crippen molar-refractivity contribution in [2.24, 2.45) is 5.10 Å². The number of carbonyl (C=O) groups is 1. The van der Waals surface area contributed by atoms with Crippen LogP contribution in [0.25, 0.3) is 0 Å². The smallest absolute Gasteiger partial charge is 0.277 e. The fourth-order valence-corrected chi connectivity index (χ4v) is 1.34. The predicted octanol–water partition coefficient (Wildman–Crippen LogP) is 2.12. The van der Waals surface area contributed by atoms with Crippen LogP contribution in [0.4, 0.5) is 0 Å². The van der Waals surface area contributed by atoms with Crippen molar-refractivity contribution in [3.8, 4) is 5.75 Å². The number of nitrogens with zero attached hydrogens (tertiary/aromatic N) is 1. The van der Waals surface area contributed by atoms with E-state index in [1.807, 2.05) is 31.2 Å². The molecule has 0 atom stereocenters. The quantitative estimate of drug-likeness (QED) is 0.660. The van der Waals surface area contributed by atoms with Crippen LogP contribution in [0.15, 0.2) is 52.4 Å². The number of benzene rings is 1. The second-order valence-electron chi connectivity index (χ2n) is 3.95. The zero-order chi connectivity index (χ0) is 13.5. The third-order valence-corrected chi connectivity index (χ3v) is 2.34. The monoisotopic (exact) mass is 258 g/mol. The largest absolute Gasteiger partial charge is 0.484 e. The molecule has 0 aliphatic heterocycles. The van der Waals surface area contributed by atoms with E-state index < -0.39 is 0 Å². The van der Waals surface area contributed by atoms with Crippen molar-refractivity contribution in [2.45, 2.75) is 6.92 Å². The van der Waals surface area contributed by atoms with Crippen LogP contribution < -0.4 is 10.2 Å². The standard InChI is InChI=1S/C14H14N2O3/c1-11-2-4-13(5-3-11)19-10-14(17)16-15-8-12-6-7-18-9-12/h2-9H,10H2,1H3,(H,16,17). The van der Waals surface area contributed by atoms with E-state index in [1.165, 1.54) is 18.7 Å². The number of furan rings is 1. The minimum atomic E-state index is -0.319. The van der Waals surface area contributed by atoms with Gasteiger partial charge in [0, 0.05) is 5.56 Å². The van der Waals surface area contributed by atoms with Crippen LogP contribution in [0.1, 0.15) is 11.1 Å². The highest BCUT2D eigenvalue weighted by Gasteiger charge is 2.00. The molecule has 0 saturated carbocycles. The average Bonchev–Trinajstić information content (AvgIpc) is 2.91. The number of rotatable bonds is 5. The van der Waals surface area contributed by atoms with Gasteiger partial charge in [-0.15, -0.1) is 0 Å². The number of carbonyl (C=O) groups excluding carboxylic acids is 1. The molecule has 5 heteroatoms. The maximum Gasteiger partial charge on any atom is 0.277 e. The first-order valence-electron chi connectivity index (χ1n) is 5.77. The summed E-state index contributed by atoms with van der Waals surface area (Å²) in [6.45, 7) is 1.91. The van der Waals surface area contributed by atoms with E-state index >= 15 is 0 Å². The molecule has 0 spiro atoms. The Morgan fingerprint density at radius 2 is 2.16 bits per heavy atom. The molecule has 1 aromatic carbocycles. The molecule has 1 aromatic heterocycles. The maximum absolute atomic E-state index is 11.4. The van der Waals surface area contributed by atoms with Gasteiger partial charge >= 0.3 is 0 Å². The van der Waals surface area contributed by atoms with Crippen LogP contribution in [0, 0.1) is 6.92 Å². The van der Waals surface area contributed by atoms with Crippen molar-refractivity contribution in [3.05, 3.63) is 54.0 Å². The van der Waals surface area contributed by atoms with Crippen molar-refractivity contribution in [3.63, 3.8) is 0 Å². The van der Waals surface area contributed by atoms with Crippen LogP contribution in [0.3, 0.4) is 0 Å². The third kappa shape index (κ3) is 4.31. The van der Waals surface area contributed by atoms with Crippen molar-refractivity contribution < 1.29 is 13.9 Å². The van der Waals surface area contributed by atoms with Crippen molar-refractivity contribution in [1.82, 2.24) is 5.43 Å². The highest BCUT2D eigenvalue weighted by Crippen LogP contribution is 2.10. The maximum atomic E-state index is 11.4. The summed E-state index contributed by atoms with van der Waals surface area (Å²) in [5.41, 5.74) is 4.28. The van der Waals surface area contributed by atoms with Gasteiger partial charge in [-0.2, -0.15) is 5.10 Å². The lowest BCUT2D eigenvalue weighted by atomic mass is 10.2. The Hall–Kier alpha value is -2.56. The highest BCUT2D eigenvalue weighted by atomic mass is 16.5. The molecule has 1 amide bonds. The lowest BCUT2D eigenvalue weighted by molar-refractivity contribution is -0.123. The zero-order valence-electron chi connectivity index (χ0n) is 10.5. The zero-order valence-corrected chi connectivity index (χ0v) is 10.5. The van der Waals surface area contributed by atoms with Crippen LogP contribution in [0.5, 0.6) is 5.75 Å². The van der Waals surface area contributed by atoms with Crippen molar-refractivity contribution >= 4 is 12.1 Å². The Bertz CT molecular complexity index is 545. The van der Waals surface area contributed by atoms with Gasteiger partial charge in [0.25, 0.3) is 5.91 Å². The van der Waals surface area contributed by atoms with Gasteiger partial charge in [-0.1, -0.05) is 17.7 Å². The lowest BCUT2D eigenvalue weighted by Gasteiger charge is -2.04. The molecule has 5 nitrogen and oxygen atoms in total. The number of ether oxygens (including phenoxy) is 1. The number of nitrogens with one attached hydrogen (secondary N) is 1. The number of hydrazone groups is 1. The van der Waals surface area contributed by atoms with Crippen LogP contribution in [0.2, 0.25) is 0 Å². The molecule has 0 aliphatic rings. The van der Waals surface area contributed by atoms with Gasteiger partial charge in [0.1, 0.15) is 5.75 Å². The summed E-state index contributed by atoms with van der Waals surface area (Å²) in [5.74, 6) is 0.333. The van der Waals surface area contributed by atoms with Gasteiger partial charge < -0.3 is 9.15 Å². The van der Waals surface area contributed by atoms with E-state index in [0.717, 1.165) is 11.1 Å². The summed E-state index contributed by atoms with van der Waals surface area (Å²) in [6.07, 6.45) is 4.55. The summed E-state index contributed by atoms with van der Waals surface area (Å²) in [5, 5.41) is 3.78. The molecule has 0 unspecified atom stereocenters. The summed E-state index contributed by atoms with van der Waals surface area (Å²) in [4.78, 5) is 11.4. The van der Waals surface area contributed by atoms with E-state index in [2.05, 4.69) is 10.5 Å². The molecule has 19 heavy (non-hydrogen) atoms. The molecular weight excluding hydrogens is 244 g/mol. The Morgan fingerprint density at radius 1 is 1.37 bits per heavy atom. The second-order valence-corrected chi connectivity index (χ2v) is 3.95. The molecule has 1 heterocycles. The van der Waals surface area contributed by atoms with Crippen LogP contribution >= 0.6 is 0 Å². The lowest BCUT2D eigenvalue weighted by Crippen LogP contribution is -2.24. The van der Waals surface area contributed by atoms with Gasteiger partial charge in [0.15, 0.2) is 6.61 Å². The van der Waals surface area contributed by atoms with Gasteiger partial charge in [-0.25, -0.2) is 5.43 Å². The highest BCUT2D eigenvalue weighted by molar-refractivity contribution is 5.82. The predicted molar refractivity (Wildman–Crippen MR) is 71.1 cm³/mol.